The number of halogens is 6. The summed E-state index contributed by atoms with van der Waals surface area (Å²) in [7, 11) is 0. The van der Waals surface area contributed by atoms with Gasteiger partial charge >= 0.3 is 0 Å². The highest BCUT2D eigenvalue weighted by molar-refractivity contribution is 9.10. The fraction of sp³-hybridized carbons (Fsp3) is 0.143. The average molecular weight is 432 g/mol. The van der Waals surface area contributed by atoms with Crippen LogP contribution in [0.25, 0.3) is 0 Å². The number of anilines is 1. The van der Waals surface area contributed by atoms with E-state index in [-0.39, 0.29) is 11.1 Å². The zero-order valence-electron chi connectivity index (χ0n) is 10.7. The molecule has 1 unspecified atom stereocenters. The van der Waals surface area contributed by atoms with Gasteiger partial charge in [-0.1, -0.05) is 52.5 Å². The molecular weight excluding hydrogens is 423 g/mol. The smallest absolute Gasteiger partial charge is 0.125 e. The van der Waals surface area contributed by atoms with Gasteiger partial charge in [0.25, 0.3) is 0 Å². The minimum atomic E-state index is -0.419. The second-order valence-electron chi connectivity index (χ2n) is 4.38. The second-order valence-corrected chi connectivity index (χ2v) is 6.80. The molecule has 0 spiro atoms. The molecule has 7 heteroatoms. The van der Waals surface area contributed by atoms with Crippen molar-refractivity contribution in [2.24, 2.45) is 0 Å². The Bertz CT molecular complexity index is 670. The van der Waals surface area contributed by atoms with Gasteiger partial charge in [0.1, 0.15) is 5.82 Å². The molecule has 0 saturated carbocycles. The molecule has 1 nitrogen and oxygen atoms in total. The molecule has 0 aromatic heterocycles. The normalized spacial score (nSPS) is 12.3. The quantitative estimate of drug-likeness (QED) is 0.500. The lowest BCUT2D eigenvalue weighted by molar-refractivity contribution is 0.627. The van der Waals surface area contributed by atoms with Crippen molar-refractivity contribution in [3.63, 3.8) is 0 Å². The van der Waals surface area contributed by atoms with E-state index in [4.69, 9.17) is 46.4 Å². The SMILES string of the molecule is CC(Nc1c(Cl)cc(F)cc1Br)c1ccc(Cl)c(Cl)c1Cl. The number of rotatable bonds is 3. The van der Waals surface area contributed by atoms with Crippen LogP contribution >= 0.6 is 62.3 Å². The van der Waals surface area contributed by atoms with Gasteiger partial charge in [-0.25, -0.2) is 4.39 Å². The van der Waals surface area contributed by atoms with Crippen molar-refractivity contribution < 1.29 is 4.39 Å². The standard InChI is InChI=1S/C14H9BrCl4FN/c1-6(8-2-3-10(16)13(19)12(8)18)21-14-9(15)4-7(20)5-11(14)17/h2-6,21H,1H3. The Morgan fingerprint density at radius 3 is 2.33 bits per heavy atom. The number of nitrogens with one attached hydrogen (secondary N) is 1. The van der Waals surface area contributed by atoms with Crippen LogP contribution in [0.3, 0.4) is 0 Å². The van der Waals surface area contributed by atoms with Gasteiger partial charge in [0.15, 0.2) is 0 Å². The topological polar surface area (TPSA) is 12.0 Å². The molecule has 0 heterocycles. The molecule has 0 aliphatic heterocycles. The van der Waals surface area contributed by atoms with Crippen molar-refractivity contribution in [1.82, 2.24) is 0 Å². The van der Waals surface area contributed by atoms with E-state index in [1.54, 1.807) is 12.1 Å². The van der Waals surface area contributed by atoms with Crippen molar-refractivity contribution in [2.45, 2.75) is 13.0 Å². The van der Waals surface area contributed by atoms with Crippen LogP contribution in [0, 0.1) is 5.82 Å². The fourth-order valence-electron chi connectivity index (χ4n) is 1.85. The molecule has 0 bridgehead atoms. The maximum atomic E-state index is 13.2. The molecule has 0 aliphatic rings. The largest absolute Gasteiger partial charge is 0.376 e. The third-order valence-electron chi connectivity index (χ3n) is 2.90. The van der Waals surface area contributed by atoms with E-state index in [1.165, 1.54) is 12.1 Å². The molecule has 0 amide bonds. The fourth-order valence-corrected chi connectivity index (χ4v) is 3.48. The summed E-state index contributed by atoms with van der Waals surface area (Å²) in [6.07, 6.45) is 0. The van der Waals surface area contributed by atoms with Crippen LogP contribution in [0.5, 0.6) is 0 Å². The van der Waals surface area contributed by atoms with Crippen molar-refractivity contribution in [2.75, 3.05) is 5.32 Å². The molecule has 0 saturated heterocycles. The van der Waals surface area contributed by atoms with Gasteiger partial charge < -0.3 is 5.32 Å². The van der Waals surface area contributed by atoms with Gasteiger partial charge in [-0.2, -0.15) is 0 Å². The van der Waals surface area contributed by atoms with Crippen molar-refractivity contribution in [1.29, 1.82) is 0 Å². The summed E-state index contributed by atoms with van der Waals surface area (Å²) in [5, 5.41) is 4.51. The van der Waals surface area contributed by atoms with Crippen LogP contribution in [-0.2, 0) is 0 Å². The van der Waals surface area contributed by atoms with E-state index in [0.29, 0.717) is 25.2 Å². The van der Waals surface area contributed by atoms with Crippen LogP contribution in [0.2, 0.25) is 20.1 Å². The molecule has 0 fully saturated rings. The Morgan fingerprint density at radius 1 is 1.05 bits per heavy atom. The number of hydrogen-bond donors (Lipinski definition) is 1. The first-order valence-corrected chi connectivity index (χ1v) is 8.16. The summed E-state index contributed by atoms with van der Waals surface area (Å²) < 4.78 is 13.8. The van der Waals surface area contributed by atoms with Gasteiger partial charge in [-0.05, 0) is 46.6 Å². The molecule has 112 valence electrons. The first kappa shape index (κ1) is 17.2. The summed E-state index contributed by atoms with van der Waals surface area (Å²) in [6.45, 7) is 1.89. The summed E-state index contributed by atoms with van der Waals surface area (Å²) in [4.78, 5) is 0. The zero-order valence-corrected chi connectivity index (χ0v) is 15.3. The molecule has 21 heavy (non-hydrogen) atoms. The van der Waals surface area contributed by atoms with Gasteiger partial charge in [0.2, 0.25) is 0 Å². The summed E-state index contributed by atoms with van der Waals surface area (Å²) >= 11 is 27.5. The first-order chi connectivity index (χ1) is 9.81. The van der Waals surface area contributed by atoms with Crippen LogP contribution in [0.1, 0.15) is 18.5 Å². The first-order valence-electron chi connectivity index (χ1n) is 5.85. The zero-order chi connectivity index (χ0) is 15.7. The lowest BCUT2D eigenvalue weighted by atomic mass is 10.1. The minimum absolute atomic E-state index is 0.202. The van der Waals surface area contributed by atoms with Crippen LogP contribution < -0.4 is 5.32 Å². The van der Waals surface area contributed by atoms with E-state index in [9.17, 15) is 4.39 Å². The summed E-state index contributed by atoms with van der Waals surface area (Å²) in [5.41, 5.74) is 1.34. The molecule has 1 atom stereocenters. The van der Waals surface area contributed by atoms with Crippen LogP contribution in [0.15, 0.2) is 28.7 Å². The second kappa shape index (κ2) is 6.93. The molecule has 2 aromatic carbocycles. The van der Waals surface area contributed by atoms with Crippen molar-refractivity contribution in [3.05, 3.63) is 60.2 Å². The molecule has 0 radical (unpaired) electrons. The highest BCUT2D eigenvalue weighted by Crippen LogP contribution is 2.39. The van der Waals surface area contributed by atoms with E-state index in [2.05, 4.69) is 21.2 Å². The van der Waals surface area contributed by atoms with E-state index in [0.717, 1.165) is 5.56 Å². The maximum Gasteiger partial charge on any atom is 0.125 e. The van der Waals surface area contributed by atoms with Gasteiger partial charge in [0, 0.05) is 4.47 Å². The maximum absolute atomic E-state index is 13.2. The highest BCUT2D eigenvalue weighted by Gasteiger charge is 2.17. The Hall–Kier alpha value is -0.190. The lowest BCUT2D eigenvalue weighted by Gasteiger charge is -2.20. The number of benzene rings is 2. The summed E-state index contributed by atoms with van der Waals surface area (Å²) in [6, 6.07) is 5.81. The predicted octanol–water partition coefficient (Wildman–Crippen LogP) is 7.37. The average Bonchev–Trinajstić information content (AvgIpc) is 2.40. The monoisotopic (exact) mass is 429 g/mol. The van der Waals surface area contributed by atoms with E-state index < -0.39 is 5.82 Å². The Morgan fingerprint density at radius 2 is 1.71 bits per heavy atom. The highest BCUT2D eigenvalue weighted by atomic mass is 79.9. The molecule has 1 N–H and O–H groups in total. The molecule has 0 aliphatic carbocycles. The molecular formula is C14H9BrCl4FN. The third-order valence-corrected chi connectivity index (χ3v) is 5.13. The Kier molecular flexibility index (Phi) is 5.66. The van der Waals surface area contributed by atoms with Crippen LogP contribution in [-0.4, -0.2) is 0 Å². The number of hydrogen-bond acceptors (Lipinski definition) is 1. The Balaban J connectivity index is 2.35. The van der Waals surface area contributed by atoms with Crippen LogP contribution in [0.4, 0.5) is 10.1 Å². The van der Waals surface area contributed by atoms with E-state index >= 15 is 0 Å². The minimum Gasteiger partial charge on any atom is -0.376 e. The van der Waals surface area contributed by atoms with Gasteiger partial charge in [-0.3, -0.25) is 0 Å². The van der Waals surface area contributed by atoms with E-state index in [1.807, 2.05) is 6.92 Å². The van der Waals surface area contributed by atoms with Crippen molar-refractivity contribution >= 4 is 68.0 Å². The predicted molar refractivity (Wildman–Crippen MR) is 92.6 cm³/mol. The third kappa shape index (κ3) is 3.77. The molecule has 2 aromatic rings. The van der Waals surface area contributed by atoms with Gasteiger partial charge in [0.05, 0.1) is 31.8 Å². The summed E-state index contributed by atoms with van der Waals surface area (Å²) in [5.74, 6) is -0.419. The lowest BCUT2D eigenvalue weighted by Crippen LogP contribution is -2.08. The Labute approximate surface area is 150 Å². The van der Waals surface area contributed by atoms with Crippen molar-refractivity contribution in [3.8, 4) is 0 Å². The van der Waals surface area contributed by atoms with Gasteiger partial charge in [-0.15, -0.1) is 0 Å². The molecule has 2 rings (SSSR count).